The van der Waals surface area contributed by atoms with E-state index in [1.807, 2.05) is 17.5 Å². The molecule has 1 amide bonds. The Kier molecular flexibility index (Phi) is 2.51. The molecule has 14 heavy (non-hydrogen) atoms. The minimum Gasteiger partial charge on any atom is -0.313 e. The summed E-state index contributed by atoms with van der Waals surface area (Å²) in [5, 5.41) is 5.46. The van der Waals surface area contributed by atoms with E-state index in [-0.39, 0.29) is 5.91 Å². The van der Waals surface area contributed by atoms with Gasteiger partial charge < -0.3 is 5.32 Å². The molecular formula is C9H7N3OS. The monoisotopic (exact) mass is 205 g/mol. The van der Waals surface area contributed by atoms with Crippen molar-refractivity contribution in [2.45, 2.75) is 0 Å². The van der Waals surface area contributed by atoms with Crippen molar-refractivity contribution in [2.75, 3.05) is 5.32 Å². The molecule has 1 N–H and O–H groups in total. The molecule has 0 fully saturated rings. The summed E-state index contributed by atoms with van der Waals surface area (Å²) in [5.41, 5.74) is 0.459. The van der Waals surface area contributed by atoms with Crippen LogP contribution in [0.25, 0.3) is 0 Å². The Morgan fingerprint density at radius 2 is 2.14 bits per heavy atom. The van der Waals surface area contributed by atoms with Gasteiger partial charge in [-0.25, -0.2) is 9.97 Å². The Morgan fingerprint density at radius 1 is 1.36 bits per heavy atom. The van der Waals surface area contributed by atoms with Gasteiger partial charge in [0.1, 0.15) is 6.33 Å². The van der Waals surface area contributed by atoms with Crippen LogP contribution in [0.15, 0.2) is 36.2 Å². The first-order chi connectivity index (χ1) is 6.86. The zero-order valence-corrected chi connectivity index (χ0v) is 7.99. The number of aromatic nitrogens is 2. The molecule has 0 spiro atoms. The van der Waals surface area contributed by atoms with Crippen LogP contribution < -0.4 is 5.32 Å². The minimum atomic E-state index is -0.187. The molecule has 0 saturated carbocycles. The topological polar surface area (TPSA) is 54.9 Å². The number of hydrogen-bond donors (Lipinski definition) is 1. The van der Waals surface area contributed by atoms with E-state index < -0.39 is 0 Å². The summed E-state index contributed by atoms with van der Waals surface area (Å²) in [7, 11) is 0. The van der Waals surface area contributed by atoms with Crippen LogP contribution in [0, 0.1) is 0 Å². The minimum absolute atomic E-state index is 0.187. The van der Waals surface area contributed by atoms with Gasteiger partial charge in [0.2, 0.25) is 0 Å². The van der Waals surface area contributed by atoms with Crippen LogP contribution in [0.3, 0.4) is 0 Å². The zero-order chi connectivity index (χ0) is 9.80. The van der Waals surface area contributed by atoms with Crippen molar-refractivity contribution in [2.24, 2.45) is 0 Å². The number of carbonyl (C=O) groups excluding carboxylic acids is 1. The highest BCUT2D eigenvalue weighted by Gasteiger charge is 2.05. The predicted molar refractivity (Wildman–Crippen MR) is 54.3 cm³/mol. The smallest absolute Gasteiger partial charge is 0.259 e. The molecule has 0 aliphatic rings. The van der Waals surface area contributed by atoms with Crippen LogP contribution in [0.5, 0.6) is 0 Å². The Hall–Kier alpha value is -1.75. The maximum atomic E-state index is 11.5. The third kappa shape index (κ3) is 1.94. The van der Waals surface area contributed by atoms with Crippen LogP contribution in [-0.2, 0) is 0 Å². The molecule has 70 valence electrons. The summed E-state index contributed by atoms with van der Waals surface area (Å²) in [4.78, 5) is 19.1. The molecular weight excluding hydrogens is 198 g/mol. The number of thiophene rings is 1. The normalized spacial score (nSPS) is 9.71. The number of rotatable bonds is 2. The molecule has 2 aromatic rings. The van der Waals surface area contributed by atoms with Gasteiger partial charge in [-0.3, -0.25) is 4.79 Å². The van der Waals surface area contributed by atoms with Gasteiger partial charge in [0.05, 0.1) is 10.6 Å². The van der Waals surface area contributed by atoms with Gasteiger partial charge >= 0.3 is 0 Å². The van der Waals surface area contributed by atoms with Crippen molar-refractivity contribution in [3.63, 3.8) is 0 Å². The molecule has 5 heteroatoms. The first-order valence-electron chi connectivity index (χ1n) is 3.96. The quantitative estimate of drug-likeness (QED) is 0.813. The molecule has 0 aromatic carbocycles. The first-order valence-corrected chi connectivity index (χ1v) is 4.84. The molecule has 0 atom stereocenters. The molecule has 0 unspecified atom stereocenters. The lowest BCUT2D eigenvalue weighted by atomic mass is 10.3. The Labute approximate surface area is 84.6 Å². The fourth-order valence-corrected chi connectivity index (χ4v) is 1.56. The van der Waals surface area contributed by atoms with E-state index in [0.717, 1.165) is 5.00 Å². The van der Waals surface area contributed by atoms with Gasteiger partial charge in [0, 0.05) is 12.4 Å². The molecule has 0 radical (unpaired) electrons. The second kappa shape index (κ2) is 3.97. The highest BCUT2D eigenvalue weighted by Crippen LogP contribution is 2.15. The third-order valence-corrected chi connectivity index (χ3v) is 2.37. The van der Waals surface area contributed by atoms with E-state index in [0.29, 0.717) is 5.56 Å². The maximum Gasteiger partial charge on any atom is 0.259 e. The van der Waals surface area contributed by atoms with Gasteiger partial charge in [-0.15, -0.1) is 11.3 Å². The van der Waals surface area contributed by atoms with Crippen molar-refractivity contribution >= 4 is 22.2 Å². The van der Waals surface area contributed by atoms with Crippen LogP contribution in [0.2, 0.25) is 0 Å². The lowest BCUT2D eigenvalue weighted by Crippen LogP contribution is -2.11. The molecule has 0 saturated heterocycles. The Bertz CT molecular complexity index is 413. The summed E-state index contributed by atoms with van der Waals surface area (Å²) in [6.45, 7) is 0. The van der Waals surface area contributed by atoms with Crippen LogP contribution in [0.1, 0.15) is 10.4 Å². The zero-order valence-electron chi connectivity index (χ0n) is 7.18. The average Bonchev–Trinajstić information content (AvgIpc) is 2.72. The molecule has 0 aliphatic carbocycles. The Morgan fingerprint density at radius 3 is 2.79 bits per heavy atom. The largest absolute Gasteiger partial charge is 0.313 e. The average molecular weight is 205 g/mol. The van der Waals surface area contributed by atoms with Crippen molar-refractivity contribution in [1.82, 2.24) is 9.97 Å². The third-order valence-electron chi connectivity index (χ3n) is 1.58. The van der Waals surface area contributed by atoms with E-state index in [1.165, 1.54) is 30.1 Å². The van der Waals surface area contributed by atoms with E-state index in [4.69, 9.17) is 0 Å². The van der Waals surface area contributed by atoms with Gasteiger partial charge in [-0.05, 0) is 17.5 Å². The van der Waals surface area contributed by atoms with E-state index in [2.05, 4.69) is 15.3 Å². The van der Waals surface area contributed by atoms with Gasteiger partial charge in [-0.1, -0.05) is 0 Å². The number of hydrogen-bond acceptors (Lipinski definition) is 4. The maximum absolute atomic E-state index is 11.5. The number of nitrogens with zero attached hydrogens (tertiary/aromatic N) is 2. The summed E-state index contributed by atoms with van der Waals surface area (Å²) in [5.74, 6) is -0.187. The summed E-state index contributed by atoms with van der Waals surface area (Å²) < 4.78 is 0. The van der Waals surface area contributed by atoms with Gasteiger partial charge in [-0.2, -0.15) is 0 Å². The summed E-state index contributed by atoms with van der Waals surface area (Å²) >= 11 is 1.47. The number of nitrogens with one attached hydrogen (secondary N) is 1. The van der Waals surface area contributed by atoms with Crippen molar-refractivity contribution in [3.05, 3.63) is 41.8 Å². The number of carbonyl (C=O) groups is 1. The van der Waals surface area contributed by atoms with E-state index in [1.54, 1.807) is 0 Å². The van der Waals surface area contributed by atoms with Crippen LogP contribution >= 0.6 is 11.3 Å². The van der Waals surface area contributed by atoms with Gasteiger partial charge in [0.25, 0.3) is 5.91 Å². The summed E-state index contributed by atoms with van der Waals surface area (Å²) in [6.07, 6.45) is 4.35. The highest BCUT2D eigenvalue weighted by molar-refractivity contribution is 7.14. The fraction of sp³-hybridized carbons (Fsp3) is 0. The summed E-state index contributed by atoms with van der Waals surface area (Å²) in [6, 6.07) is 3.72. The SMILES string of the molecule is O=C(Nc1cccs1)c1cncnc1. The van der Waals surface area contributed by atoms with Crippen molar-refractivity contribution in [1.29, 1.82) is 0 Å². The molecule has 2 aromatic heterocycles. The van der Waals surface area contributed by atoms with E-state index in [9.17, 15) is 4.79 Å². The van der Waals surface area contributed by atoms with Gasteiger partial charge in [0.15, 0.2) is 0 Å². The van der Waals surface area contributed by atoms with E-state index >= 15 is 0 Å². The highest BCUT2D eigenvalue weighted by atomic mass is 32.1. The molecule has 0 bridgehead atoms. The number of anilines is 1. The lowest BCUT2D eigenvalue weighted by Gasteiger charge is -2.00. The lowest BCUT2D eigenvalue weighted by molar-refractivity contribution is 0.102. The number of amides is 1. The standard InChI is InChI=1S/C9H7N3OS/c13-9(7-4-10-6-11-5-7)12-8-2-1-3-14-8/h1-6H,(H,12,13). The first kappa shape index (κ1) is 8.83. The fourth-order valence-electron chi connectivity index (χ4n) is 0.950. The second-order valence-electron chi connectivity index (χ2n) is 2.56. The van der Waals surface area contributed by atoms with Crippen molar-refractivity contribution in [3.8, 4) is 0 Å². The van der Waals surface area contributed by atoms with Crippen molar-refractivity contribution < 1.29 is 4.79 Å². The molecule has 4 nitrogen and oxygen atoms in total. The Balaban J connectivity index is 2.11. The van der Waals surface area contributed by atoms with Crippen LogP contribution in [-0.4, -0.2) is 15.9 Å². The molecule has 0 aliphatic heterocycles. The predicted octanol–water partition coefficient (Wildman–Crippen LogP) is 1.79. The molecule has 2 rings (SSSR count). The van der Waals surface area contributed by atoms with Crippen LogP contribution in [0.4, 0.5) is 5.00 Å². The molecule has 2 heterocycles. The second-order valence-corrected chi connectivity index (χ2v) is 3.51.